The minimum absolute atomic E-state index is 0.314. The molecule has 1 unspecified atom stereocenters. The normalized spacial score (nSPS) is 18.2. The first kappa shape index (κ1) is 12.4. The summed E-state index contributed by atoms with van der Waals surface area (Å²) in [4.78, 5) is 4.48. The van der Waals surface area contributed by atoms with Crippen molar-refractivity contribution in [2.24, 2.45) is 5.92 Å². The maximum absolute atomic E-state index is 5.39. The largest absolute Gasteiger partial charge is 0.495 e. The molecule has 2 rings (SSSR count). The minimum atomic E-state index is 0.314. The van der Waals surface area contributed by atoms with Gasteiger partial charge in [-0.25, -0.2) is 0 Å². The van der Waals surface area contributed by atoms with Crippen molar-refractivity contribution in [3.05, 3.63) is 24.0 Å². The maximum Gasteiger partial charge on any atom is 0.141 e. The van der Waals surface area contributed by atoms with Gasteiger partial charge in [-0.3, -0.25) is 4.98 Å². The Kier molecular flexibility index (Phi) is 4.37. The Balaban J connectivity index is 2.10. The van der Waals surface area contributed by atoms with Gasteiger partial charge in [0.1, 0.15) is 5.75 Å². The molecule has 1 heterocycles. The second kappa shape index (κ2) is 6.01. The standard InChI is InChI=1S/C14H22N2O/c1-15-12(10-11-6-3-4-7-11)14-13(17-2)8-5-9-16-14/h5,8-9,11-12,15H,3-4,6-7,10H2,1-2H3. The predicted octanol–water partition coefficient (Wildman–Crippen LogP) is 2.93. The number of pyridine rings is 1. The van der Waals surface area contributed by atoms with Crippen molar-refractivity contribution in [2.45, 2.75) is 38.1 Å². The van der Waals surface area contributed by atoms with Crippen molar-refractivity contribution < 1.29 is 4.74 Å². The summed E-state index contributed by atoms with van der Waals surface area (Å²) in [5.41, 5.74) is 1.05. The summed E-state index contributed by atoms with van der Waals surface area (Å²) in [6, 6.07) is 4.22. The van der Waals surface area contributed by atoms with Crippen LogP contribution >= 0.6 is 0 Å². The highest BCUT2D eigenvalue weighted by Gasteiger charge is 2.23. The summed E-state index contributed by atoms with van der Waals surface area (Å²) >= 11 is 0. The molecule has 0 saturated heterocycles. The van der Waals surface area contributed by atoms with Crippen molar-refractivity contribution in [1.29, 1.82) is 0 Å². The first-order valence-corrected chi connectivity index (χ1v) is 6.51. The van der Waals surface area contributed by atoms with E-state index in [9.17, 15) is 0 Å². The number of aromatic nitrogens is 1. The highest BCUT2D eigenvalue weighted by atomic mass is 16.5. The zero-order chi connectivity index (χ0) is 12.1. The van der Waals surface area contributed by atoms with Crippen LogP contribution in [-0.4, -0.2) is 19.1 Å². The molecular formula is C14H22N2O. The molecule has 94 valence electrons. The Labute approximate surface area is 104 Å². The van der Waals surface area contributed by atoms with Gasteiger partial charge in [0.2, 0.25) is 0 Å². The van der Waals surface area contributed by atoms with E-state index in [1.54, 1.807) is 7.11 Å². The fourth-order valence-corrected chi connectivity index (χ4v) is 2.78. The molecule has 17 heavy (non-hydrogen) atoms. The molecule has 0 bridgehead atoms. The molecule has 3 heteroatoms. The Morgan fingerprint density at radius 3 is 2.88 bits per heavy atom. The molecule has 1 aliphatic rings. The Morgan fingerprint density at radius 1 is 1.47 bits per heavy atom. The molecule has 0 aliphatic heterocycles. The number of methoxy groups -OCH3 is 1. The molecule has 3 nitrogen and oxygen atoms in total. The van der Waals surface area contributed by atoms with E-state index < -0.39 is 0 Å². The van der Waals surface area contributed by atoms with Gasteiger partial charge in [0.05, 0.1) is 18.8 Å². The van der Waals surface area contributed by atoms with Gasteiger partial charge in [0, 0.05) is 6.20 Å². The average Bonchev–Trinajstić information content (AvgIpc) is 2.89. The zero-order valence-electron chi connectivity index (χ0n) is 10.8. The molecule has 1 atom stereocenters. The van der Waals surface area contributed by atoms with Gasteiger partial charge in [-0.1, -0.05) is 25.7 Å². The minimum Gasteiger partial charge on any atom is -0.495 e. The Bertz CT molecular complexity index is 348. The van der Waals surface area contributed by atoms with Gasteiger partial charge in [0.15, 0.2) is 0 Å². The second-order valence-corrected chi connectivity index (χ2v) is 4.82. The zero-order valence-corrected chi connectivity index (χ0v) is 10.8. The molecule has 1 aromatic rings. The summed E-state index contributed by atoms with van der Waals surface area (Å²) in [7, 11) is 3.72. The van der Waals surface area contributed by atoms with E-state index in [1.807, 2.05) is 25.4 Å². The van der Waals surface area contributed by atoms with E-state index in [2.05, 4.69) is 10.3 Å². The number of nitrogens with one attached hydrogen (secondary N) is 1. The van der Waals surface area contributed by atoms with E-state index in [0.717, 1.165) is 17.4 Å². The van der Waals surface area contributed by atoms with Crippen LogP contribution in [0.25, 0.3) is 0 Å². The van der Waals surface area contributed by atoms with Crippen molar-refractivity contribution >= 4 is 0 Å². The van der Waals surface area contributed by atoms with E-state index in [0.29, 0.717) is 6.04 Å². The van der Waals surface area contributed by atoms with E-state index in [-0.39, 0.29) is 0 Å². The molecule has 0 amide bonds. The van der Waals surface area contributed by atoms with E-state index >= 15 is 0 Å². The maximum atomic E-state index is 5.39. The predicted molar refractivity (Wildman–Crippen MR) is 69.2 cm³/mol. The number of hydrogen-bond acceptors (Lipinski definition) is 3. The van der Waals surface area contributed by atoms with Crippen LogP contribution in [0.15, 0.2) is 18.3 Å². The van der Waals surface area contributed by atoms with Gasteiger partial charge in [-0.05, 0) is 31.5 Å². The molecule has 0 aromatic carbocycles. The third-order valence-corrected chi connectivity index (χ3v) is 3.74. The van der Waals surface area contributed by atoms with Crippen LogP contribution in [0.5, 0.6) is 5.75 Å². The molecule has 0 radical (unpaired) electrons. The summed E-state index contributed by atoms with van der Waals surface area (Å²) in [6.45, 7) is 0. The first-order valence-electron chi connectivity index (χ1n) is 6.51. The SMILES string of the molecule is CNC(CC1CCCC1)c1ncccc1OC. The quantitative estimate of drug-likeness (QED) is 0.850. The lowest BCUT2D eigenvalue weighted by Crippen LogP contribution is -2.21. The smallest absolute Gasteiger partial charge is 0.141 e. The van der Waals surface area contributed by atoms with Crippen LogP contribution in [0.2, 0.25) is 0 Å². The highest BCUT2D eigenvalue weighted by molar-refractivity contribution is 5.29. The summed E-state index contributed by atoms with van der Waals surface area (Å²) < 4.78 is 5.39. The van der Waals surface area contributed by atoms with E-state index in [4.69, 9.17) is 4.74 Å². The lowest BCUT2D eigenvalue weighted by Gasteiger charge is -2.21. The van der Waals surface area contributed by atoms with Gasteiger partial charge >= 0.3 is 0 Å². The summed E-state index contributed by atoms with van der Waals surface area (Å²) in [5, 5.41) is 3.38. The highest BCUT2D eigenvalue weighted by Crippen LogP contribution is 2.34. The molecule has 1 aliphatic carbocycles. The van der Waals surface area contributed by atoms with Gasteiger partial charge in [-0.2, -0.15) is 0 Å². The molecule has 1 aromatic heterocycles. The van der Waals surface area contributed by atoms with Crippen molar-refractivity contribution in [3.8, 4) is 5.75 Å². The van der Waals surface area contributed by atoms with Crippen molar-refractivity contribution in [3.63, 3.8) is 0 Å². The lowest BCUT2D eigenvalue weighted by molar-refractivity contribution is 0.370. The average molecular weight is 234 g/mol. The molecule has 0 spiro atoms. The fourth-order valence-electron chi connectivity index (χ4n) is 2.78. The Hall–Kier alpha value is -1.09. The van der Waals surface area contributed by atoms with E-state index in [1.165, 1.54) is 32.1 Å². The number of hydrogen-bond donors (Lipinski definition) is 1. The third kappa shape index (κ3) is 2.97. The van der Waals surface area contributed by atoms with Crippen LogP contribution in [0.4, 0.5) is 0 Å². The molecule has 1 N–H and O–H groups in total. The summed E-state index contributed by atoms with van der Waals surface area (Å²) in [6.07, 6.45) is 8.53. The third-order valence-electron chi connectivity index (χ3n) is 3.74. The summed E-state index contributed by atoms with van der Waals surface area (Å²) in [5.74, 6) is 1.74. The van der Waals surface area contributed by atoms with Gasteiger partial charge in [-0.15, -0.1) is 0 Å². The van der Waals surface area contributed by atoms with Gasteiger partial charge < -0.3 is 10.1 Å². The van der Waals surface area contributed by atoms with Crippen LogP contribution in [0.3, 0.4) is 0 Å². The first-order chi connectivity index (χ1) is 8.35. The molecule has 1 fully saturated rings. The molecular weight excluding hydrogens is 212 g/mol. The van der Waals surface area contributed by atoms with Crippen LogP contribution in [-0.2, 0) is 0 Å². The Morgan fingerprint density at radius 2 is 2.24 bits per heavy atom. The van der Waals surface area contributed by atoms with Crippen molar-refractivity contribution in [1.82, 2.24) is 10.3 Å². The van der Waals surface area contributed by atoms with Gasteiger partial charge in [0.25, 0.3) is 0 Å². The second-order valence-electron chi connectivity index (χ2n) is 4.82. The van der Waals surface area contributed by atoms with Crippen molar-refractivity contribution in [2.75, 3.05) is 14.2 Å². The number of rotatable bonds is 5. The van der Waals surface area contributed by atoms with Crippen LogP contribution in [0.1, 0.15) is 43.8 Å². The topological polar surface area (TPSA) is 34.2 Å². The lowest BCUT2D eigenvalue weighted by atomic mass is 9.96. The number of nitrogens with zero attached hydrogens (tertiary/aromatic N) is 1. The fraction of sp³-hybridized carbons (Fsp3) is 0.643. The van der Waals surface area contributed by atoms with Crippen LogP contribution in [0, 0.1) is 5.92 Å². The molecule has 1 saturated carbocycles. The number of ether oxygens (including phenoxy) is 1. The monoisotopic (exact) mass is 234 g/mol. The van der Waals surface area contributed by atoms with Crippen LogP contribution < -0.4 is 10.1 Å².